The summed E-state index contributed by atoms with van der Waals surface area (Å²) < 4.78 is 16.9. The predicted octanol–water partition coefficient (Wildman–Crippen LogP) is 4.05. The van der Waals surface area contributed by atoms with Gasteiger partial charge in [-0.2, -0.15) is 0 Å². The summed E-state index contributed by atoms with van der Waals surface area (Å²) in [6.45, 7) is 11.7. The SMILES string of the molecule is COC(=O)c1ccc([C@@H]2CC(O)CCN2C(=O)O)c(OCCO[Si](C)(C)C(C)(C)C)c1. The number of aliphatic hydroxyl groups is 1. The molecule has 1 heterocycles. The van der Waals surface area contributed by atoms with Gasteiger partial charge in [0.15, 0.2) is 8.32 Å². The summed E-state index contributed by atoms with van der Waals surface area (Å²) in [5.74, 6) is -0.111. The number of esters is 1. The maximum Gasteiger partial charge on any atom is 0.407 e. The number of carbonyl (C=O) groups is 2. The molecule has 0 spiro atoms. The summed E-state index contributed by atoms with van der Waals surface area (Å²) in [6, 6.07) is 4.26. The van der Waals surface area contributed by atoms with Crippen LogP contribution in [0, 0.1) is 0 Å². The van der Waals surface area contributed by atoms with Crippen LogP contribution in [0.4, 0.5) is 4.79 Å². The zero-order chi connectivity index (χ0) is 23.4. The van der Waals surface area contributed by atoms with Crippen molar-refractivity contribution in [2.45, 2.75) is 63.9 Å². The number of piperidine rings is 1. The fourth-order valence-electron chi connectivity index (χ4n) is 3.31. The van der Waals surface area contributed by atoms with E-state index in [1.165, 1.54) is 12.0 Å². The minimum absolute atomic E-state index is 0.0726. The molecule has 174 valence electrons. The van der Waals surface area contributed by atoms with Crippen LogP contribution in [0.3, 0.4) is 0 Å². The van der Waals surface area contributed by atoms with Crippen LogP contribution in [-0.2, 0) is 9.16 Å². The molecule has 1 saturated heterocycles. The van der Waals surface area contributed by atoms with Crippen molar-refractivity contribution in [3.05, 3.63) is 29.3 Å². The number of nitrogens with zero attached hydrogens (tertiary/aromatic N) is 1. The van der Waals surface area contributed by atoms with Crippen LogP contribution >= 0.6 is 0 Å². The van der Waals surface area contributed by atoms with Gasteiger partial charge in [0.25, 0.3) is 0 Å². The van der Waals surface area contributed by atoms with Gasteiger partial charge in [-0.3, -0.25) is 0 Å². The molecule has 8 nitrogen and oxygen atoms in total. The Morgan fingerprint density at radius 2 is 1.90 bits per heavy atom. The Labute approximate surface area is 185 Å². The Kier molecular flexibility index (Phi) is 8.13. The van der Waals surface area contributed by atoms with Crippen LogP contribution in [0.25, 0.3) is 0 Å². The van der Waals surface area contributed by atoms with Crippen molar-refractivity contribution in [2.75, 3.05) is 26.9 Å². The van der Waals surface area contributed by atoms with Gasteiger partial charge in [-0.1, -0.05) is 26.8 Å². The van der Waals surface area contributed by atoms with E-state index in [2.05, 4.69) is 33.9 Å². The fraction of sp³-hybridized carbons (Fsp3) is 0.636. The number of aliphatic hydroxyl groups excluding tert-OH is 1. The topological polar surface area (TPSA) is 106 Å². The molecule has 1 fully saturated rings. The van der Waals surface area contributed by atoms with Gasteiger partial charge in [0.1, 0.15) is 12.4 Å². The Hall–Kier alpha value is -2.10. The molecule has 1 aliphatic rings. The van der Waals surface area contributed by atoms with Crippen molar-refractivity contribution in [3.8, 4) is 5.75 Å². The molecule has 1 amide bonds. The number of carbonyl (C=O) groups excluding carboxylic acids is 1. The molecule has 1 aromatic carbocycles. The number of hydrogen-bond donors (Lipinski definition) is 2. The Balaban J connectivity index is 2.26. The first-order valence-electron chi connectivity index (χ1n) is 10.5. The van der Waals surface area contributed by atoms with Crippen molar-refractivity contribution in [1.82, 2.24) is 4.90 Å². The Bertz CT molecular complexity index is 791. The largest absolute Gasteiger partial charge is 0.491 e. The monoisotopic (exact) mass is 453 g/mol. The van der Waals surface area contributed by atoms with Gasteiger partial charge >= 0.3 is 12.1 Å². The highest BCUT2D eigenvalue weighted by molar-refractivity contribution is 6.74. The zero-order valence-corrected chi connectivity index (χ0v) is 20.3. The highest BCUT2D eigenvalue weighted by Crippen LogP contribution is 2.38. The van der Waals surface area contributed by atoms with E-state index in [4.69, 9.17) is 13.9 Å². The van der Waals surface area contributed by atoms with Crippen LogP contribution in [0.2, 0.25) is 18.1 Å². The molecular weight excluding hydrogens is 418 g/mol. The molecule has 0 saturated carbocycles. The van der Waals surface area contributed by atoms with E-state index in [-0.39, 0.29) is 24.6 Å². The van der Waals surface area contributed by atoms with E-state index in [1.807, 2.05) is 0 Å². The van der Waals surface area contributed by atoms with E-state index >= 15 is 0 Å². The van der Waals surface area contributed by atoms with Crippen molar-refractivity contribution in [2.24, 2.45) is 0 Å². The second kappa shape index (κ2) is 10.0. The number of hydrogen-bond acceptors (Lipinski definition) is 6. The molecule has 0 bridgehead atoms. The van der Waals surface area contributed by atoms with Crippen LogP contribution in [0.15, 0.2) is 18.2 Å². The van der Waals surface area contributed by atoms with Gasteiger partial charge in [-0.05, 0) is 43.1 Å². The molecule has 2 N–H and O–H groups in total. The van der Waals surface area contributed by atoms with Crippen LogP contribution < -0.4 is 4.74 Å². The Morgan fingerprint density at radius 1 is 1.23 bits per heavy atom. The fourth-order valence-corrected chi connectivity index (χ4v) is 4.34. The number of likely N-dealkylation sites (tertiary alicyclic amines) is 1. The molecular formula is C22H35NO7Si. The highest BCUT2D eigenvalue weighted by Gasteiger charge is 2.37. The van der Waals surface area contributed by atoms with Crippen molar-refractivity contribution >= 4 is 20.4 Å². The highest BCUT2D eigenvalue weighted by atomic mass is 28.4. The summed E-state index contributed by atoms with van der Waals surface area (Å²) >= 11 is 0. The third-order valence-electron chi connectivity index (χ3n) is 6.22. The summed E-state index contributed by atoms with van der Waals surface area (Å²) in [5, 5.41) is 19.8. The van der Waals surface area contributed by atoms with E-state index in [0.29, 0.717) is 29.9 Å². The smallest absolute Gasteiger partial charge is 0.407 e. The van der Waals surface area contributed by atoms with Crippen molar-refractivity contribution in [3.63, 3.8) is 0 Å². The summed E-state index contributed by atoms with van der Waals surface area (Å²) in [7, 11) is -0.633. The molecule has 1 aliphatic heterocycles. The zero-order valence-electron chi connectivity index (χ0n) is 19.3. The van der Waals surface area contributed by atoms with Gasteiger partial charge in [0, 0.05) is 12.1 Å². The van der Waals surface area contributed by atoms with E-state index in [1.54, 1.807) is 18.2 Å². The van der Waals surface area contributed by atoms with E-state index < -0.39 is 32.5 Å². The maximum absolute atomic E-state index is 12.0. The third kappa shape index (κ3) is 6.21. The van der Waals surface area contributed by atoms with Gasteiger partial charge in [-0.25, -0.2) is 9.59 Å². The molecule has 0 aliphatic carbocycles. The van der Waals surface area contributed by atoms with Crippen LogP contribution in [-0.4, -0.2) is 68.5 Å². The minimum Gasteiger partial charge on any atom is -0.491 e. The molecule has 31 heavy (non-hydrogen) atoms. The second-order valence-corrected chi connectivity index (χ2v) is 14.2. The second-order valence-electron chi connectivity index (χ2n) is 9.37. The van der Waals surface area contributed by atoms with Gasteiger partial charge in [0.05, 0.1) is 31.4 Å². The van der Waals surface area contributed by atoms with E-state index in [0.717, 1.165) is 0 Å². The number of rotatable bonds is 7. The lowest BCUT2D eigenvalue weighted by Crippen LogP contribution is -2.42. The summed E-state index contributed by atoms with van der Waals surface area (Å²) in [5.41, 5.74) is 0.922. The first-order chi connectivity index (χ1) is 14.4. The number of ether oxygens (including phenoxy) is 2. The van der Waals surface area contributed by atoms with Crippen molar-refractivity contribution in [1.29, 1.82) is 0 Å². The lowest BCUT2D eigenvalue weighted by atomic mass is 9.92. The Morgan fingerprint density at radius 3 is 2.48 bits per heavy atom. The average Bonchev–Trinajstić information content (AvgIpc) is 2.69. The standard InChI is InChI=1S/C22H35NO7Si/c1-22(2,3)31(5,6)30-12-11-29-19-13-15(20(25)28-4)7-8-17(19)18-14-16(24)9-10-23(18)21(26)27/h7-8,13,16,18,24H,9-12,14H2,1-6H3,(H,26,27)/t16?,18-/m0/s1. The van der Waals surface area contributed by atoms with Gasteiger partial charge in [-0.15, -0.1) is 0 Å². The molecule has 2 rings (SSSR count). The number of methoxy groups -OCH3 is 1. The normalized spacial score (nSPS) is 19.8. The average molecular weight is 454 g/mol. The minimum atomic E-state index is -1.93. The third-order valence-corrected chi connectivity index (χ3v) is 10.8. The first kappa shape index (κ1) is 25.2. The van der Waals surface area contributed by atoms with Gasteiger partial charge < -0.3 is 29.0 Å². The van der Waals surface area contributed by atoms with Crippen LogP contribution in [0.5, 0.6) is 5.75 Å². The number of carboxylic acid groups (broad SMARTS) is 1. The molecule has 0 aromatic heterocycles. The first-order valence-corrected chi connectivity index (χ1v) is 13.4. The summed E-state index contributed by atoms with van der Waals surface area (Å²) in [4.78, 5) is 25.1. The lowest BCUT2D eigenvalue weighted by Gasteiger charge is -2.37. The lowest BCUT2D eigenvalue weighted by molar-refractivity contribution is 0.0412. The number of benzene rings is 1. The molecule has 2 atom stereocenters. The quantitative estimate of drug-likeness (QED) is 0.364. The molecule has 1 unspecified atom stereocenters. The molecule has 1 aromatic rings. The molecule has 9 heteroatoms. The van der Waals surface area contributed by atoms with Crippen LogP contribution in [0.1, 0.15) is 55.6 Å². The van der Waals surface area contributed by atoms with Crippen molar-refractivity contribution < 1.29 is 33.7 Å². The van der Waals surface area contributed by atoms with E-state index in [9.17, 15) is 19.8 Å². The predicted molar refractivity (Wildman–Crippen MR) is 119 cm³/mol. The van der Waals surface area contributed by atoms with Gasteiger partial charge in [0.2, 0.25) is 0 Å². The maximum atomic E-state index is 12.0. The summed E-state index contributed by atoms with van der Waals surface area (Å²) in [6.07, 6.45) is -1.00. The number of amides is 1. The molecule has 0 radical (unpaired) electrons.